The van der Waals surface area contributed by atoms with Crippen molar-refractivity contribution in [2.24, 2.45) is 0 Å². The van der Waals surface area contributed by atoms with E-state index in [0.717, 1.165) is 14.7 Å². The van der Waals surface area contributed by atoms with E-state index in [4.69, 9.17) is 5.73 Å². The Kier molecular flexibility index (Phi) is 3.60. The maximum absolute atomic E-state index is 12.4. The molecule has 8 heteroatoms. The number of nitrogen functional groups attached to an aromatic ring is 1. The van der Waals surface area contributed by atoms with Crippen molar-refractivity contribution in [2.45, 2.75) is 4.90 Å². The number of aromatic nitrogens is 1. The highest BCUT2D eigenvalue weighted by Gasteiger charge is 2.19. The van der Waals surface area contributed by atoms with Crippen LogP contribution in [-0.2, 0) is 10.0 Å². The van der Waals surface area contributed by atoms with Crippen molar-refractivity contribution < 1.29 is 8.42 Å². The normalized spacial score (nSPS) is 11.7. The largest absolute Gasteiger partial charge is 0.398 e. The lowest BCUT2D eigenvalue weighted by Gasteiger charge is -2.08. The van der Waals surface area contributed by atoms with E-state index < -0.39 is 10.0 Å². The standard InChI is InChI=1S/C13H10BrN3O2S2/c14-8-5-6-12(9(15)7-8)21(18,19)17-13-16-10-3-1-2-4-11(10)20-13/h1-7H,15H2,(H,16,17). The first kappa shape index (κ1) is 14.3. The van der Waals surface area contributed by atoms with Crippen molar-refractivity contribution in [1.29, 1.82) is 0 Å². The summed E-state index contributed by atoms with van der Waals surface area (Å²) in [5, 5.41) is 0.318. The van der Waals surface area contributed by atoms with Crippen LogP contribution in [-0.4, -0.2) is 13.4 Å². The number of nitrogens with one attached hydrogen (secondary N) is 1. The van der Waals surface area contributed by atoms with Gasteiger partial charge in [-0.25, -0.2) is 13.4 Å². The van der Waals surface area contributed by atoms with Gasteiger partial charge in [0.2, 0.25) is 0 Å². The average Bonchev–Trinajstić information content (AvgIpc) is 2.79. The zero-order valence-corrected chi connectivity index (χ0v) is 13.8. The highest BCUT2D eigenvalue weighted by molar-refractivity contribution is 9.10. The van der Waals surface area contributed by atoms with Crippen molar-refractivity contribution in [3.8, 4) is 0 Å². The Labute approximate surface area is 134 Å². The van der Waals surface area contributed by atoms with Crippen molar-refractivity contribution in [3.63, 3.8) is 0 Å². The summed E-state index contributed by atoms with van der Waals surface area (Å²) in [6, 6.07) is 12.1. The van der Waals surface area contributed by atoms with E-state index in [0.29, 0.717) is 5.13 Å². The van der Waals surface area contributed by atoms with E-state index in [2.05, 4.69) is 25.6 Å². The zero-order valence-electron chi connectivity index (χ0n) is 10.6. The third kappa shape index (κ3) is 2.87. The third-order valence-corrected chi connectivity index (χ3v) is 5.76. The van der Waals surface area contributed by atoms with Crippen LogP contribution in [0.3, 0.4) is 0 Å². The van der Waals surface area contributed by atoms with Gasteiger partial charge < -0.3 is 5.73 Å². The number of nitrogens with zero attached hydrogens (tertiary/aromatic N) is 1. The van der Waals surface area contributed by atoms with E-state index in [-0.39, 0.29) is 10.6 Å². The smallest absolute Gasteiger partial charge is 0.265 e. The molecule has 2 aromatic carbocycles. The lowest BCUT2D eigenvalue weighted by molar-refractivity contribution is 0.601. The van der Waals surface area contributed by atoms with Crippen LogP contribution < -0.4 is 10.5 Å². The number of nitrogens with two attached hydrogens (primary N) is 1. The van der Waals surface area contributed by atoms with Crippen LogP contribution in [0.5, 0.6) is 0 Å². The van der Waals surface area contributed by atoms with E-state index in [1.54, 1.807) is 12.1 Å². The van der Waals surface area contributed by atoms with E-state index in [1.165, 1.54) is 17.4 Å². The number of benzene rings is 2. The number of halogens is 1. The predicted molar refractivity (Wildman–Crippen MR) is 89.0 cm³/mol. The fraction of sp³-hybridized carbons (Fsp3) is 0. The Morgan fingerprint density at radius 2 is 1.95 bits per heavy atom. The minimum Gasteiger partial charge on any atom is -0.398 e. The highest BCUT2D eigenvalue weighted by Crippen LogP contribution is 2.29. The van der Waals surface area contributed by atoms with Crippen LogP contribution in [0, 0.1) is 0 Å². The van der Waals surface area contributed by atoms with Gasteiger partial charge in [-0.05, 0) is 30.3 Å². The number of hydrogen-bond donors (Lipinski definition) is 2. The Balaban J connectivity index is 1.99. The molecule has 1 aromatic heterocycles. The van der Waals surface area contributed by atoms with Gasteiger partial charge in [0.05, 0.1) is 15.9 Å². The van der Waals surface area contributed by atoms with Crippen LogP contribution in [0.15, 0.2) is 51.8 Å². The molecule has 21 heavy (non-hydrogen) atoms. The molecule has 0 aliphatic heterocycles. The van der Waals surface area contributed by atoms with E-state index in [9.17, 15) is 8.42 Å². The Hall–Kier alpha value is -1.64. The number of hydrogen-bond acceptors (Lipinski definition) is 5. The van der Waals surface area contributed by atoms with Crippen LogP contribution in [0.4, 0.5) is 10.8 Å². The fourth-order valence-corrected chi connectivity index (χ4v) is 4.44. The van der Waals surface area contributed by atoms with E-state index >= 15 is 0 Å². The van der Waals surface area contributed by atoms with Crippen LogP contribution in [0.25, 0.3) is 10.2 Å². The molecule has 0 fully saturated rings. The summed E-state index contributed by atoms with van der Waals surface area (Å²) in [5.41, 5.74) is 6.70. The van der Waals surface area contributed by atoms with Gasteiger partial charge in [0.15, 0.2) is 5.13 Å². The van der Waals surface area contributed by atoms with Crippen LogP contribution in [0.1, 0.15) is 0 Å². The van der Waals surface area contributed by atoms with Gasteiger partial charge in [-0.1, -0.05) is 39.4 Å². The van der Waals surface area contributed by atoms with Gasteiger partial charge in [-0.3, -0.25) is 4.72 Å². The molecule has 0 saturated carbocycles. The topological polar surface area (TPSA) is 85.1 Å². The molecule has 0 radical (unpaired) electrons. The summed E-state index contributed by atoms with van der Waals surface area (Å²) in [4.78, 5) is 4.28. The average molecular weight is 384 g/mol. The number of sulfonamides is 1. The molecule has 0 amide bonds. The quantitative estimate of drug-likeness (QED) is 0.678. The Morgan fingerprint density at radius 1 is 1.19 bits per heavy atom. The summed E-state index contributed by atoms with van der Waals surface area (Å²) < 4.78 is 28.8. The zero-order chi connectivity index (χ0) is 15.0. The second-order valence-corrected chi connectivity index (χ2v) is 7.87. The minimum atomic E-state index is -3.76. The molecule has 0 saturated heterocycles. The number of anilines is 2. The molecule has 3 rings (SSSR count). The molecule has 0 spiro atoms. The minimum absolute atomic E-state index is 0.0324. The Morgan fingerprint density at radius 3 is 2.67 bits per heavy atom. The van der Waals surface area contributed by atoms with Gasteiger partial charge >= 0.3 is 0 Å². The molecule has 108 valence electrons. The third-order valence-electron chi connectivity index (χ3n) is 2.78. The van der Waals surface area contributed by atoms with Gasteiger partial charge in [0.1, 0.15) is 4.90 Å². The highest BCUT2D eigenvalue weighted by atomic mass is 79.9. The number of para-hydroxylation sites is 1. The summed E-state index contributed by atoms with van der Waals surface area (Å²) in [6.07, 6.45) is 0. The number of rotatable bonds is 3. The van der Waals surface area contributed by atoms with Crippen LogP contribution in [0.2, 0.25) is 0 Å². The Bertz CT molecular complexity index is 889. The van der Waals surface area contributed by atoms with E-state index in [1.807, 2.05) is 24.3 Å². The number of thiazole rings is 1. The second-order valence-electron chi connectivity index (χ2n) is 4.27. The van der Waals surface area contributed by atoms with Crippen molar-refractivity contribution in [2.75, 3.05) is 10.5 Å². The second kappa shape index (κ2) is 5.28. The molecule has 3 N–H and O–H groups in total. The molecule has 0 aliphatic rings. The maximum Gasteiger partial charge on any atom is 0.265 e. The molecule has 0 atom stereocenters. The molecular weight excluding hydrogens is 374 g/mol. The summed E-state index contributed by atoms with van der Waals surface area (Å²) in [5.74, 6) is 0. The molecule has 1 heterocycles. The summed E-state index contributed by atoms with van der Waals surface area (Å²) >= 11 is 4.52. The fourth-order valence-electron chi connectivity index (χ4n) is 1.85. The molecule has 0 aliphatic carbocycles. The summed E-state index contributed by atoms with van der Waals surface area (Å²) in [6.45, 7) is 0. The molecule has 5 nitrogen and oxygen atoms in total. The van der Waals surface area contributed by atoms with Crippen LogP contribution >= 0.6 is 27.3 Å². The lowest BCUT2D eigenvalue weighted by Crippen LogP contribution is -2.14. The van der Waals surface area contributed by atoms with Gasteiger partial charge in [0, 0.05) is 4.47 Å². The SMILES string of the molecule is Nc1cc(Br)ccc1S(=O)(=O)Nc1nc2ccccc2s1. The predicted octanol–water partition coefficient (Wildman–Crippen LogP) is 3.44. The molecule has 0 bridgehead atoms. The first-order valence-corrected chi connectivity index (χ1v) is 8.98. The lowest BCUT2D eigenvalue weighted by atomic mass is 10.3. The van der Waals surface area contributed by atoms with Crippen molar-refractivity contribution in [1.82, 2.24) is 4.98 Å². The van der Waals surface area contributed by atoms with Gasteiger partial charge in [-0.2, -0.15) is 0 Å². The molecular formula is C13H10BrN3O2S2. The van der Waals surface area contributed by atoms with Crippen molar-refractivity contribution in [3.05, 3.63) is 46.9 Å². The maximum atomic E-state index is 12.4. The summed E-state index contributed by atoms with van der Waals surface area (Å²) in [7, 11) is -3.76. The van der Waals surface area contributed by atoms with Crippen molar-refractivity contribution >= 4 is 58.3 Å². The molecule has 0 unspecified atom stereocenters. The monoisotopic (exact) mass is 383 g/mol. The number of fused-ring (bicyclic) bond motifs is 1. The first-order chi connectivity index (χ1) is 9.95. The van der Waals surface area contributed by atoms with Gasteiger partial charge in [0.25, 0.3) is 10.0 Å². The molecule has 3 aromatic rings. The first-order valence-electron chi connectivity index (χ1n) is 5.89. The van der Waals surface area contributed by atoms with Gasteiger partial charge in [-0.15, -0.1) is 0 Å².